The summed E-state index contributed by atoms with van der Waals surface area (Å²) in [6.45, 7) is 0. The number of carboxylic acids is 1. The minimum atomic E-state index is -1.36. The first-order valence-corrected chi connectivity index (χ1v) is 3.29. The maximum Gasteiger partial charge on any atom is 0.336 e. The zero-order valence-corrected chi connectivity index (χ0v) is 6.40. The van der Waals surface area contributed by atoms with E-state index in [-0.39, 0.29) is 0 Å². The van der Waals surface area contributed by atoms with Crippen molar-refractivity contribution in [1.29, 1.82) is 0 Å². The topological polar surface area (TPSA) is 113 Å². The van der Waals surface area contributed by atoms with E-state index in [0.29, 0.717) is 0 Å². The van der Waals surface area contributed by atoms with Gasteiger partial charge in [0.1, 0.15) is 5.56 Å². The largest absolute Gasteiger partial charge is 0.478 e. The maximum atomic E-state index is 11.0. The van der Waals surface area contributed by atoms with Crippen LogP contribution >= 0.6 is 0 Å². The first-order valence-electron chi connectivity index (χ1n) is 3.29. The van der Waals surface area contributed by atoms with Gasteiger partial charge in [0.15, 0.2) is 0 Å². The second kappa shape index (κ2) is 3.10. The molecular weight excluding hydrogens is 176 g/mol. The minimum Gasteiger partial charge on any atom is -0.478 e. The summed E-state index contributed by atoms with van der Waals surface area (Å²) in [6, 6.07) is 1.10. The molecule has 0 aliphatic carbocycles. The van der Waals surface area contributed by atoms with Crippen molar-refractivity contribution in [2.24, 2.45) is 5.73 Å². The van der Waals surface area contributed by atoms with E-state index >= 15 is 0 Å². The molecule has 13 heavy (non-hydrogen) atoms. The Morgan fingerprint density at radius 1 is 1.46 bits per heavy atom. The number of H-pyrrole nitrogens is 1. The molecule has 1 aromatic rings. The summed E-state index contributed by atoms with van der Waals surface area (Å²) in [5.74, 6) is -2.42. The number of aromatic nitrogens is 1. The van der Waals surface area contributed by atoms with Crippen molar-refractivity contribution >= 4 is 11.9 Å². The molecule has 0 radical (unpaired) electrons. The van der Waals surface area contributed by atoms with E-state index in [1.807, 2.05) is 0 Å². The number of aromatic amines is 1. The van der Waals surface area contributed by atoms with E-state index in [1.54, 1.807) is 0 Å². The number of aromatic carboxylic acids is 1. The van der Waals surface area contributed by atoms with Gasteiger partial charge in [0.25, 0.3) is 11.5 Å². The van der Waals surface area contributed by atoms with E-state index in [9.17, 15) is 14.4 Å². The van der Waals surface area contributed by atoms with Crippen LogP contribution in [0.5, 0.6) is 0 Å². The molecule has 0 aliphatic heterocycles. The maximum absolute atomic E-state index is 11.0. The van der Waals surface area contributed by atoms with Gasteiger partial charge in [-0.15, -0.1) is 0 Å². The number of amides is 1. The Morgan fingerprint density at radius 3 is 2.46 bits per heavy atom. The zero-order chi connectivity index (χ0) is 10.0. The highest BCUT2D eigenvalue weighted by Crippen LogP contribution is 2.00. The Labute approximate surface area is 72.0 Å². The summed E-state index contributed by atoms with van der Waals surface area (Å²) in [5.41, 5.74) is 3.11. The number of carboxylic acid groups (broad SMARTS) is 1. The first-order chi connectivity index (χ1) is 6.04. The van der Waals surface area contributed by atoms with Crippen LogP contribution in [0, 0.1) is 0 Å². The number of carbonyl (C=O) groups is 2. The predicted molar refractivity (Wildman–Crippen MR) is 42.5 cm³/mol. The Balaban J connectivity index is 3.52. The molecule has 0 fully saturated rings. The summed E-state index contributed by atoms with van der Waals surface area (Å²) in [5, 5.41) is 8.58. The van der Waals surface area contributed by atoms with Crippen LogP contribution in [0.15, 0.2) is 17.1 Å². The second-order valence-electron chi connectivity index (χ2n) is 2.26. The van der Waals surface area contributed by atoms with E-state index in [2.05, 4.69) is 4.98 Å². The molecule has 0 saturated heterocycles. The Bertz CT molecular complexity index is 421. The van der Waals surface area contributed by atoms with Crippen molar-refractivity contribution in [3.05, 3.63) is 33.7 Å². The summed E-state index contributed by atoms with van der Waals surface area (Å²) >= 11 is 0. The van der Waals surface area contributed by atoms with Crippen LogP contribution in [0.2, 0.25) is 0 Å². The molecule has 6 nitrogen and oxygen atoms in total. The van der Waals surface area contributed by atoms with Crippen molar-refractivity contribution in [2.75, 3.05) is 0 Å². The molecule has 0 aliphatic rings. The average molecular weight is 182 g/mol. The molecule has 1 aromatic heterocycles. The molecule has 1 amide bonds. The third kappa shape index (κ3) is 1.56. The highest BCUT2D eigenvalue weighted by Gasteiger charge is 2.17. The van der Waals surface area contributed by atoms with Crippen molar-refractivity contribution in [3.8, 4) is 0 Å². The Kier molecular flexibility index (Phi) is 2.14. The molecule has 1 rings (SSSR count). The normalized spacial score (nSPS) is 9.54. The van der Waals surface area contributed by atoms with E-state index in [1.165, 1.54) is 0 Å². The lowest BCUT2D eigenvalue weighted by atomic mass is 10.1. The molecule has 0 aromatic carbocycles. The standard InChI is InChI=1S/C7H6N2O4/c8-5(10)4-3(7(12)13)1-2-9-6(4)11/h1-2H,(H2,8,10)(H,9,11)(H,12,13). The van der Waals surface area contributed by atoms with Gasteiger partial charge in [0.05, 0.1) is 5.56 Å². The third-order valence-electron chi connectivity index (χ3n) is 1.44. The zero-order valence-electron chi connectivity index (χ0n) is 6.40. The van der Waals surface area contributed by atoms with Crippen molar-refractivity contribution in [3.63, 3.8) is 0 Å². The second-order valence-corrected chi connectivity index (χ2v) is 2.26. The number of pyridine rings is 1. The molecule has 1 heterocycles. The van der Waals surface area contributed by atoms with Crippen LogP contribution in [0.25, 0.3) is 0 Å². The van der Waals surface area contributed by atoms with Gasteiger partial charge in [-0.1, -0.05) is 0 Å². The highest BCUT2D eigenvalue weighted by atomic mass is 16.4. The van der Waals surface area contributed by atoms with Crippen molar-refractivity contribution in [1.82, 2.24) is 4.98 Å². The summed E-state index contributed by atoms with van der Waals surface area (Å²) in [7, 11) is 0. The SMILES string of the molecule is NC(=O)c1c(C(=O)O)cc[nH]c1=O. The summed E-state index contributed by atoms with van der Waals surface area (Å²) < 4.78 is 0. The summed E-state index contributed by atoms with van der Waals surface area (Å²) in [6.07, 6.45) is 1.14. The van der Waals surface area contributed by atoms with Crippen molar-refractivity contribution < 1.29 is 14.7 Å². The van der Waals surface area contributed by atoms with E-state index in [4.69, 9.17) is 10.8 Å². The number of nitrogens with two attached hydrogens (primary N) is 1. The molecule has 0 atom stereocenters. The van der Waals surface area contributed by atoms with E-state index < -0.39 is 28.6 Å². The number of rotatable bonds is 2. The van der Waals surface area contributed by atoms with Crippen LogP contribution in [-0.2, 0) is 0 Å². The fourth-order valence-corrected chi connectivity index (χ4v) is 0.901. The summed E-state index contributed by atoms with van der Waals surface area (Å²) in [4.78, 5) is 34.3. The molecular formula is C7H6N2O4. The fraction of sp³-hybridized carbons (Fsp3) is 0. The van der Waals surface area contributed by atoms with Gasteiger partial charge in [-0.3, -0.25) is 9.59 Å². The lowest BCUT2D eigenvalue weighted by Gasteiger charge is -1.98. The van der Waals surface area contributed by atoms with Crippen LogP contribution in [0.4, 0.5) is 0 Å². The van der Waals surface area contributed by atoms with Crippen LogP contribution in [0.1, 0.15) is 20.7 Å². The number of hydrogen-bond acceptors (Lipinski definition) is 3. The lowest BCUT2D eigenvalue weighted by Crippen LogP contribution is -2.27. The third-order valence-corrected chi connectivity index (χ3v) is 1.44. The number of nitrogens with one attached hydrogen (secondary N) is 1. The van der Waals surface area contributed by atoms with Gasteiger partial charge in [-0.05, 0) is 6.07 Å². The smallest absolute Gasteiger partial charge is 0.336 e. The molecule has 4 N–H and O–H groups in total. The van der Waals surface area contributed by atoms with Crippen LogP contribution in [0.3, 0.4) is 0 Å². The van der Waals surface area contributed by atoms with Crippen LogP contribution < -0.4 is 11.3 Å². The number of primary amides is 1. The quantitative estimate of drug-likeness (QED) is 0.553. The molecule has 0 spiro atoms. The number of hydrogen-bond donors (Lipinski definition) is 3. The first kappa shape index (κ1) is 8.98. The van der Waals surface area contributed by atoms with Gasteiger partial charge in [0, 0.05) is 6.20 Å². The Morgan fingerprint density at radius 2 is 2.08 bits per heavy atom. The van der Waals surface area contributed by atoms with Gasteiger partial charge >= 0.3 is 5.97 Å². The molecule has 0 saturated carbocycles. The molecule has 0 unspecified atom stereocenters. The van der Waals surface area contributed by atoms with Gasteiger partial charge in [-0.2, -0.15) is 0 Å². The number of carbonyl (C=O) groups excluding carboxylic acids is 1. The highest BCUT2D eigenvalue weighted by molar-refractivity contribution is 6.03. The monoisotopic (exact) mass is 182 g/mol. The molecule has 0 bridgehead atoms. The van der Waals surface area contributed by atoms with Gasteiger partial charge in [-0.25, -0.2) is 4.79 Å². The van der Waals surface area contributed by atoms with Crippen molar-refractivity contribution in [2.45, 2.75) is 0 Å². The average Bonchev–Trinajstić information content (AvgIpc) is 2.02. The van der Waals surface area contributed by atoms with Gasteiger partial charge < -0.3 is 15.8 Å². The van der Waals surface area contributed by atoms with Gasteiger partial charge in [0.2, 0.25) is 0 Å². The van der Waals surface area contributed by atoms with Crippen LogP contribution in [-0.4, -0.2) is 22.0 Å². The van der Waals surface area contributed by atoms with E-state index in [0.717, 1.165) is 12.3 Å². The Hall–Kier alpha value is -2.11. The lowest BCUT2D eigenvalue weighted by molar-refractivity contribution is 0.0691. The molecule has 6 heteroatoms. The fourth-order valence-electron chi connectivity index (χ4n) is 0.901. The predicted octanol–water partition coefficient (Wildman–Crippen LogP) is -0.828. The minimum absolute atomic E-state index is 0.392. The molecule has 68 valence electrons.